The maximum absolute atomic E-state index is 5.19. The quantitative estimate of drug-likeness (QED) is 0.562. The van der Waals surface area contributed by atoms with Crippen molar-refractivity contribution in [3.63, 3.8) is 0 Å². The number of hydrogen-bond acceptors (Lipinski definition) is 2. The Morgan fingerprint density at radius 3 is 2.55 bits per heavy atom. The maximum Gasteiger partial charge on any atom is 0.0936 e. The molecule has 0 N–H and O–H groups in total. The first kappa shape index (κ1) is 9.01. The van der Waals surface area contributed by atoms with Gasteiger partial charge in [-0.3, -0.25) is 4.90 Å². The fourth-order valence-electron chi connectivity index (χ4n) is 1.28. The summed E-state index contributed by atoms with van der Waals surface area (Å²) >= 11 is 0. The molecule has 0 aromatic rings. The monoisotopic (exact) mass is 157 g/mol. The first-order valence-corrected chi connectivity index (χ1v) is 4.59. The van der Waals surface area contributed by atoms with E-state index in [-0.39, 0.29) is 0 Å². The number of hydrogen-bond donors (Lipinski definition) is 0. The third kappa shape index (κ3) is 3.21. The zero-order chi connectivity index (χ0) is 8.27. The largest absolute Gasteiger partial charge is 0.372 e. The van der Waals surface area contributed by atoms with E-state index in [9.17, 15) is 0 Å². The molecule has 66 valence electrons. The summed E-state index contributed by atoms with van der Waals surface area (Å²) in [5.74, 6) is 0. The molecule has 0 bridgehead atoms. The highest BCUT2D eigenvalue weighted by molar-refractivity contribution is 4.75. The Labute approximate surface area is 69.5 Å². The average molecular weight is 157 g/mol. The van der Waals surface area contributed by atoms with Crippen LogP contribution in [0.1, 0.15) is 27.2 Å². The van der Waals surface area contributed by atoms with E-state index in [4.69, 9.17) is 4.74 Å². The Balaban J connectivity index is 2.19. The molecule has 1 unspecified atom stereocenters. The summed E-state index contributed by atoms with van der Waals surface area (Å²) < 4.78 is 5.19. The van der Waals surface area contributed by atoms with Gasteiger partial charge in [0.1, 0.15) is 0 Å². The molecule has 1 heterocycles. The van der Waals surface area contributed by atoms with E-state index in [1.54, 1.807) is 0 Å². The minimum absolute atomic E-state index is 0.545. The molecule has 0 aromatic carbocycles. The standard InChI is InChI=1S/C9H19NO/c1-4-5-10(8(2)3)6-9-7-11-9/h8-9H,4-7H2,1-3H3. The van der Waals surface area contributed by atoms with Crippen molar-refractivity contribution < 1.29 is 4.74 Å². The molecule has 1 rings (SSSR count). The Hall–Kier alpha value is -0.0800. The second-order valence-corrected chi connectivity index (χ2v) is 3.54. The van der Waals surface area contributed by atoms with E-state index >= 15 is 0 Å². The number of nitrogens with zero attached hydrogens (tertiary/aromatic N) is 1. The number of ether oxygens (including phenoxy) is 1. The third-order valence-corrected chi connectivity index (χ3v) is 2.08. The van der Waals surface area contributed by atoms with Gasteiger partial charge in [0.05, 0.1) is 12.7 Å². The summed E-state index contributed by atoms with van der Waals surface area (Å²) in [6.07, 6.45) is 1.79. The molecule has 1 fully saturated rings. The van der Waals surface area contributed by atoms with Gasteiger partial charge in [-0.15, -0.1) is 0 Å². The highest BCUT2D eigenvalue weighted by Crippen LogP contribution is 2.12. The maximum atomic E-state index is 5.19. The van der Waals surface area contributed by atoms with Gasteiger partial charge in [-0.2, -0.15) is 0 Å². The number of rotatable bonds is 5. The summed E-state index contributed by atoms with van der Waals surface area (Å²) in [6, 6.07) is 0.666. The second-order valence-electron chi connectivity index (χ2n) is 3.54. The van der Waals surface area contributed by atoms with E-state index in [0.29, 0.717) is 12.1 Å². The molecule has 1 saturated heterocycles. The van der Waals surface area contributed by atoms with Crippen LogP contribution < -0.4 is 0 Å². The van der Waals surface area contributed by atoms with E-state index in [0.717, 1.165) is 13.2 Å². The van der Waals surface area contributed by atoms with Gasteiger partial charge in [-0.1, -0.05) is 6.92 Å². The summed E-state index contributed by atoms with van der Waals surface area (Å²) in [6.45, 7) is 10.0. The van der Waals surface area contributed by atoms with Crippen LogP contribution in [0.25, 0.3) is 0 Å². The molecule has 1 atom stereocenters. The van der Waals surface area contributed by atoms with Gasteiger partial charge in [-0.05, 0) is 26.8 Å². The molecular formula is C9H19NO. The molecule has 0 saturated carbocycles. The van der Waals surface area contributed by atoms with Crippen LogP contribution >= 0.6 is 0 Å². The molecule has 0 aromatic heterocycles. The Bertz CT molecular complexity index is 110. The van der Waals surface area contributed by atoms with Crippen LogP contribution in [0.2, 0.25) is 0 Å². The van der Waals surface area contributed by atoms with Crippen molar-refractivity contribution in [2.45, 2.75) is 39.3 Å². The lowest BCUT2D eigenvalue weighted by Gasteiger charge is -2.24. The first-order chi connectivity index (χ1) is 5.24. The van der Waals surface area contributed by atoms with Crippen molar-refractivity contribution in [2.24, 2.45) is 0 Å². The van der Waals surface area contributed by atoms with Crippen molar-refractivity contribution in [3.05, 3.63) is 0 Å². The third-order valence-electron chi connectivity index (χ3n) is 2.08. The van der Waals surface area contributed by atoms with Crippen molar-refractivity contribution in [1.82, 2.24) is 4.90 Å². The molecule has 0 amide bonds. The summed E-state index contributed by atoms with van der Waals surface area (Å²) in [7, 11) is 0. The summed E-state index contributed by atoms with van der Waals surface area (Å²) in [5, 5.41) is 0. The Morgan fingerprint density at radius 1 is 1.55 bits per heavy atom. The normalized spacial score (nSPS) is 23.2. The fourth-order valence-corrected chi connectivity index (χ4v) is 1.28. The molecule has 1 aliphatic rings. The molecule has 0 radical (unpaired) electrons. The smallest absolute Gasteiger partial charge is 0.0936 e. The lowest BCUT2D eigenvalue weighted by atomic mass is 10.2. The van der Waals surface area contributed by atoms with Crippen LogP contribution in [0.15, 0.2) is 0 Å². The van der Waals surface area contributed by atoms with Gasteiger partial charge < -0.3 is 4.74 Å². The SMILES string of the molecule is CCCN(CC1CO1)C(C)C. The minimum atomic E-state index is 0.545. The average Bonchev–Trinajstić information content (AvgIpc) is 2.70. The molecule has 2 nitrogen and oxygen atoms in total. The lowest BCUT2D eigenvalue weighted by molar-refractivity contribution is 0.200. The zero-order valence-corrected chi connectivity index (χ0v) is 7.84. The fraction of sp³-hybridized carbons (Fsp3) is 1.00. The molecule has 0 aliphatic carbocycles. The zero-order valence-electron chi connectivity index (χ0n) is 7.84. The van der Waals surface area contributed by atoms with Crippen LogP contribution in [-0.2, 0) is 4.74 Å². The van der Waals surface area contributed by atoms with E-state index in [1.165, 1.54) is 13.0 Å². The van der Waals surface area contributed by atoms with Crippen LogP contribution in [0, 0.1) is 0 Å². The van der Waals surface area contributed by atoms with Crippen molar-refractivity contribution in [2.75, 3.05) is 19.7 Å². The Kier molecular flexibility index (Phi) is 3.34. The molecular weight excluding hydrogens is 138 g/mol. The Morgan fingerprint density at radius 2 is 2.18 bits per heavy atom. The highest BCUT2D eigenvalue weighted by atomic mass is 16.6. The van der Waals surface area contributed by atoms with Gasteiger partial charge >= 0.3 is 0 Å². The van der Waals surface area contributed by atoms with Crippen LogP contribution in [0.4, 0.5) is 0 Å². The first-order valence-electron chi connectivity index (χ1n) is 4.59. The molecule has 2 heteroatoms. The van der Waals surface area contributed by atoms with Gasteiger partial charge in [0.2, 0.25) is 0 Å². The minimum Gasteiger partial charge on any atom is -0.372 e. The summed E-state index contributed by atoms with van der Waals surface area (Å²) in [4.78, 5) is 2.48. The van der Waals surface area contributed by atoms with E-state index in [2.05, 4.69) is 25.7 Å². The van der Waals surface area contributed by atoms with Crippen molar-refractivity contribution in [1.29, 1.82) is 0 Å². The van der Waals surface area contributed by atoms with Crippen LogP contribution in [0.5, 0.6) is 0 Å². The summed E-state index contributed by atoms with van der Waals surface area (Å²) in [5.41, 5.74) is 0. The highest BCUT2D eigenvalue weighted by Gasteiger charge is 2.25. The van der Waals surface area contributed by atoms with Crippen molar-refractivity contribution in [3.8, 4) is 0 Å². The van der Waals surface area contributed by atoms with Crippen LogP contribution in [0.3, 0.4) is 0 Å². The van der Waals surface area contributed by atoms with E-state index in [1.807, 2.05) is 0 Å². The predicted molar refractivity (Wildman–Crippen MR) is 46.7 cm³/mol. The van der Waals surface area contributed by atoms with Gasteiger partial charge in [0.25, 0.3) is 0 Å². The van der Waals surface area contributed by atoms with E-state index < -0.39 is 0 Å². The molecule has 1 aliphatic heterocycles. The second kappa shape index (κ2) is 4.07. The molecule has 0 spiro atoms. The number of epoxide rings is 1. The van der Waals surface area contributed by atoms with Crippen LogP contribution in [-0.4, -0.2) is 36.7 Å². The van der Waals surface area contributed by atoms with Gasteiger partial charge in [-0.25, -0.2) is 0 Å². The molecule has 11 heavy (non-hydrogen) atoms. The topological polar surface area (TPSA) is 15.8 Å². The predicted octanol–water partition coefficient (Wildman–Crippen LogP) is 1.51. The van der Waals surface area contributed by atoms with Gasteiger partial charge in [0.15, 0.2) is 0 Å². The lowest BCUT2D eigenvalue weighted by Crippen LogP contribution is -2.34. The van der Waals surface area contributed by atoms with Crippen molar-refractivity contribution >= 4 is 0 Å². The van der Waals surface area contributed by atoms with Gasteiger partial charge in [0, 0.05) is 12.6 Å².